The summed E-state index contributed by atoms with van der Waals surface area (Å²) in [7, 11) is 0. The molecule has 0 aliphatic heterocycles. The molecule has 3 heteroatoms. The Morgan fingerprint density at radius 3 is 2.00 bits per heavy atom. The summed E-state index contributed by atoms with van der Waals surface area (Å²) in [6.45, 7) is 2.12. The third kappa shape index (κ3) is 2.83. The van der Waals surface area contributed by atoms with Gasteiger partial charge in [0.2, 0.25) is 0 Å². The predicted octanol–water partition coefficient (Wildman–Crippen LogP) is 5.88. The highest BCUT2D eigenvalue weighted by Gasteiger charge is 2.17. The molecule has 0 aliphatic carbocycles. The van der Waals surface area contributed by atoms with E-state index in [0.29, 0.717) is 10.0 Å². The van der Waals surface area contributed by atoms with Crippen molar-refractivity contribution in [2.24, 2.45) is 0 Å². The van der Waals surface area contributed by atoms with Crippen LogP contribution in [0.3, 0.4) is 0 Å². The van der Waals surface area contributed by atoms with Crippen molar-refractivity contribution in [2.75, 3.05) is 0 Å². The normalized spacial score (nSPS) is 12.4. The summed E-state index contributed by atoms with van der Waals surface area (Å²) in [4.78, 5) is 0. The molecule has 1 atom stereocenters. The Morgan fingerprint density at radius 1 is 0.944 bits per heavy atom. The highest BCUT2D eigenvalue weighted by atomic mass is 35.5. The molecule has 0 nitrogen and oxygen atoms in total. The smallest absolute Gasteiger partial charge is 0.0864 e. The molecule has 0 saturated carbocycles. The van der Waals surface area contributed by atoms with Crippen LogP contribution in [0.5, 0.6) is 0 Å². The van der Waals surface area contributed by atoms with Crippen molar-refractivity contribution >= 4 is 34.8 Å². The van der Waals surface area contributed by atoms with Crippen molar-refractivity contribution in [3.8, 4) is 0 Å². The van der Waals surface area contributed by atoms with Crippen LogP contribution in [0.15, 0.2) is 42.5 Å². The molecule has 18 heavy (non-hydrogen) atoms. The topological polar surface area (TPSA) is 0 Å². The largest absolute Gasteiger partial charge is 0.112 e. The molecule has 0 spiro atoms. The summed E-state index contributed by atoms with van der Waals surface area (Å²) in [6.07, 6.45) is 1.01. The van der Waals surface area contributed by atoms with Crippen LogP contribution in [0.1, 0.15) is 29.0 Å². The number of hydrogen-bond donors (Lipinski definition) is 0. The van der Waals surface area contributed by atoms with E-state index < -0.39 is 0 Å². The van der Waals surface area contributed by atoms with Gasteiger partial charge in [0.25, 0.3) is 0 Å². The van der Waals surface area contributed by atoms with Gasteiger partial charge in [-0.25, -0.2) is 0 Å². The summed E-state index contributed by atoms with van der Waals surface area (Å²) in [5.74, 6) is 0. The van der Waals surface area contributed by atoms with E-state index >= 15 is 0 Å². The van der Waals surface area contributed by atoms with E-state index in [-0.39, 0.29) is 5.38 Å². The molecule has 2 aromatic carbocycles. The summed E-state index contributed by atoms with van der Waals surface area (Å²) in [6, 6.07) is 13.6. The van der Waals surface area contributed by atoms with E-state index in [4.69, 9.17) is 34.8 Å². The van der Waals surface area contributed by atoms with Crippen molar-refractivity contribution in [3.63, 3.8) is 0 Å². The van der Waals surface area contributed by atoms with E-state index in [1.807, 2.05) is 18.2 Å². The average molecular weight is 300 g/mol. The minimum Gasteiger partial charge on any atom is -0.112 e. The van der Waals surface area contributed by atoms with Crippen LogP contribution in [-0.4, -0.2) is 0 Å². The SMILES string of the molecule is CCc1ccc(C(Cl)c2c(Cl)cccc2Cl)cc1. The Morgan fingerprint density at radius 2 is 1.50 bits per heavy atom. The molecule has 0 fully saturated rings. The maximum atomic E-state index is 6.47. The van der Waals surface area contributed by atoms with Gasteiger partial charge in [-0.3, -0.25) is 0 Å². The first-order valence-corrected chi connectivity index (χ1v) is 6.99. The molecule has 2 aromatic rings. The zero-order valence-electron chi connectivity index (χ0n) is 9.96. The number of aryl methyl sites for hydroxylation is 1. The van der Waals surface area contributed by atoms with Gasteiger partial charge in [-0.05, 0) is 29.7 Å². The van der Waals surface area contributed by atoms with Crippen LogP contribution in [0, 0.1) is 0 Å². The number of alkyl halides is 1. The quantitative estimate of drug-likeness (QED) is 0.620. The predicted molar refractivity (Wildman–Crippen MR) is 80.0 cm³/mol. The van der Waals surface area contributed by atoms with Crippen molar-refractivity contribution in [2.45, 2.75) is 18.7 Å². The molecule has 0 aliphatic rings. The van der Waals surface area contributed by atoms with Gasteiger partial charge in [0.05, 0.1) is 5.38 Å². The fourth-order valence-corrected chi connectivity index (χ4v) is 2.95. The molecule has 0 radical (unpaired) electrons. The zero-order valence-corrected chi connectivity index (χ0v) is 12.2. The summed E-state index contributed by atoms with van der Waals surface area (Å²) >= 11 is 18.8. The Kier molecular flexibility index (Phi) is 4.55. The van der Waals surface area contributed by atoms with Gasteiger partial charge in [-0.1, -0.05) is 60.5 Å². The monoisotopic (exact) mass is 298 g/mol. The minimum absolute atomic E-state index is 0.322. The third-order valence-electron chi connectivity index (χ3n) is 2.93. The fourth-order valence-electron chi connectivity index (χ4n) is 1.84. The van der Waals surface area contributed by atoms with E-state index in [0.717, 1.165) is 17.5 Å². The van der Waals surface area contributed by atoms with Crippen molar-refractivity contribution in [1.82, 2.24) is 0 Å². The van der Waals surface area contributed by atoms with Gasteiger partial charge in [0.15, 0.2) is 0 Å². The highest BCUT2D eigenvalue weighted by molar-refractivity contribution is 6.38. The first-order valence-electron chi connectivity index (χ1n) is 5.80. The Hall–Kier alpha value is -0.690. The molecular formula is C15H13Cl3. The van der Waals surface area contributed by atoms with E-state index in [1.165, 1.54) is 5.56 Å². The Bertz CT molecular complexity index is 512. The number of rotatable bonds is 3. The second-order valence-electron chi connectivity index (χ2n) is 4.09. The summed E-state index contributed by atoms with van der Waals surface area (Å²) < 4.78 is 0. The Labute approximate surface area is 122 Å². The van der Waals surface area contributed by atoms with Gasteiger partial charge in [0.1, 0.15) is 0 Å². The molecule has 0 heterocycles. The Balaban J connectivity index is 2.38. The lowest BCUT2D eigenvalue weighted by atomic mass is 10.0. The lowest BCUT2D eigenvalue weighted by Crippen LogP contribution is -1.96. The average Bonchev–Trinajstić information content (AvgIpc) is 2.38. The number of halogens is 3. The second kappa shape index (κ2) is 5.97. The van der Waals surface area contributed by atoms with E-state index in [9.17, 15) is 0 Å². The van der Waals surface area contributed by atoms with Gasteiger partial charge in [0, 0.05) is 15.6 Å². The van der Waals surface area contributed by atoms with Crippen LogP contribution in [0.2, 0.25) is 10.0 Å². The number of benzene rings is 2. The van der Waals surface area contributed by atoms with Crippen molar-refractivity contribution < 1.29 is 0 Å². The van der Waals surface area contributed by atoms with Crippen LogP contribution < -0.4 is 0 Å². The molecule has 0 bridgehead atoms. The lowest BCUT2D eigenvalue weighted by Gasteiger charge is -2.14. The zero-order chi connectivity index (χ0) is 13.1. The molecule has 2 rings (SSSR count). The molecule has 0 saturated heterocycles. The van der Waals surface area contributed by atoms with Crippen molar-refractivity contribution in [1.29, 1.82) is 0 Å². The second-order valence-corrected chi connectivity index (χ2v) is 5.34. The van der Waals surface area contributed by atoms with Crippen LogP contribution >= 0.6 is 34.8 Å². The van der Waals surface area contributed by atoms with Crippen LogP contribution in [-0.2, 0) is 6.42 Å². The standard InChI is InChI=1S/C15H13Cl3/c1-2-10-6-8-11(9-7-10)15(18)14-12(16)4-3-5-13(14)17/h3-9,15H,2H2,1H3. The van der Waals surface area contributed by atoms with E-state index in [2.05, 4.69) is 19.1 Å². The molecule has 1 unspecified atom stereocenters. The summed E-state index contributed by atoms with van der Waals surface area (Å²) in [5.41, 5.74) is 3.06. The first kappa shape index (κ1) is 13.7. The molecule has 0 N–H and O–H groups in total. The number of hydrogen-bond acceptors (Lipinski definition) is 0. The van der Waals surface area contributed by atoms with Gasteiger partial charge in [-0.15, -0.1) is 11.6 Å². The first-order chi connectivity index (χ1) is 8.63. The molecule has 0 aromatic heterocycles. The maximum absolute atomic E-state index is 6.47. The van der Waals surface area contributed by atoms with E-state index in [1.54, 1.807) is 12.1 Å². The maximum Gasteiger partial charge on any atom is 0.0864 e. The fraction of sp³-hybridized carbons (Fsp3) is 0.200. The highest BCUT2D eigenvalue weighted by Crippen LogP contribution is 2.38. The van der Waals surface area contributed by atoms with Gasteiger partial charge in [-0.2, -0.15) is 0 Å². The molecular weight excluding hydrogens is 287 g/mol. The van der Waals surface area contributed by atoms with Gasteiger partial charge < -0.3 is 0 Å². The molecule has 0 amide bonds. The minimum atomic E-state index is -0.322. The van der Waals surface area contributed by atoms with Crippen molar-refractivity contribution in [3.05, 3.63) is 69.2 Å². The van der Waals surface area contributed by atoms with Crippen LogP contribution in [0.25, 0.3) is 0 Å². The molecule has 94 valence electrons. The van der Waals surface area contributed by atoms with Crippen LogP contribution in [0.4, 0.5) is 0 Å². The summed E-state index contributed by atoms with van der Waals surface area (Å²) in [5, 5.41) is 0.876. The third-order valence-corrected chi connectivity index (χ3v) is 4.06. The lowest BCUT2D eigenvalue weighted by molar-refractivity contribution is 1.10. The van der Waals surface area contributed by atoms with Gasteiger partial charge >= 0.3 is 0 Å².